The van der Waals surface area contributed by atoms with Crippen LogP contribution in [0.5, 0.6) is 5.75 Å². The van der Waals surface area contributed by atoms with Gasteiger partial charge < -0.3 is 14.6 Å². The average molecular weight is 277 g/mol. The van der Waals surface area contributed by atoms with Crippen LogP contribution in [0.25, 0.3) is 0 Å². The highest BCUT2D eigenvalue weighted by Crippen LogP contribution is 2.33. The van der Waals surface area contributed by atoms with E-state index in [9.17, 15) is 5.11 Å². The zero-order valence-electron chi connectivity index (χ0n) is 12.0. The summed E-state index contributed by atoms with van der Waals surface area (Å²) in [6, 6.07) is 6.00. The fraction of sp³-hybridized carbons (Fsp3) is 0.625. The number of hydrogen-bond acceptors (Lipinski definition) is 4. The summed E-state index contributed by atoms with van der Waals surface area (Å²) in [4.78, 5) is 2.39. The highest BCUT2D eigenvalue weighted by atomic mass is 16.5. The quantitative estimate of drug-likeness (QED) is 0.910. The number of ether oxygens (including phenoxy) is 2. The Morgan fingerprint density at radius 3 is 3.20 bits per heavy atom. The van der Waals surface area contributed by atoms with Crippen LogP contribution in [0.4, 0.5) is 0 Å². The number of morpholine rings is 1. The van der Waals surface area contributed by atoms with Gasteiger partial charge >= 0.3 is 0 Å². The van der Waals surface area contributed by atoms with Crippen molar-refractivity contribution in [3.05, 3.63) is 29.3 Å². The Balaban J connectivity index is 1.56. The first-order chi connectivity index (χ1) is 9.76. The van der Waals surface area contributed by atoms with Crippen molar-refractivity contribution in [3.8, 4) is 5.75 Å². The maximum Gasteiger partial charge on any atom is 0.119 e. The fourth-order valence-electron chi connectivity index (χ4n) is 3.02. The molecule has 1 aromatic rings. The van der Waals surface area contributed by atoms with E-state index in [4.69, 9.17) is 9.47 Å². The Labute approximate surface area is 120 Å². The molecule has 1 saturated heterocycles. The first kappa shape index (κ1) is 13.9. The van der Waals surface area contributed by atoms with Crippen molar-refractivity contribution >= 4 is 0 Å². The number of aliphatic hydroxyl groups excluding tert-OH is 1. The van der Waals surface area contributed by atoms with Crippen molar-refractivity contribution in [2.75, 3.05) is 32.8 Å². The second-order valence-corrected chi connectivity index (χ2v) is 5.61. The second kappa shape index (κ2) is 6.12. The summed E-state index contributed by atoms with van der Waals surface area (Å²) in [5, 5.41) is 9.80. The number of hydrogen-bond donors (Lipinski definition) is 1. The summed E-state index contributed by atoms with van der Waals surface area (Å²) in [5.74, 6) is 0.884. The van der Waals surface area contributed by atoms with Crippen LogP contribution < -0.4 is 4.74 Å². The van der Waals surface area contributed by atoms with Crippen molar-refractivity contribution < 1.29 is 14.6 Å². The molecule has 0 saturated carbocycles. The molecule has 1 aliphatic carbocycles. The fourth-order valence-corrected chi connectivity index (χ4v) is 3.02. The minimum atomic E-state index is -0.293. The van der Waals surface area contributed by atoms with Crippen LogP contribution in [0.1, 0.15) is 30.6 Å². The molecule has 0 aromatic heterocycles. The third kappa shape index (κ3) is 2.97. The first-order valence-corrected chi connectivity index (χ1v) is 7.54. The molecule has 1 fully saturated rings. The van der Waals surface area contributed by atoms with Gasteiger partial charge in [0.2, 0.25) is 0 Å². The topological polar surface area (TPSA) is 41.9 Å². The van der Waals surface area contributed by atoms with Gasteiger partial charge in [0.1, 0.15) is 18.5 Å². The molecule has 0 bridgehead atoms. The van der Waals surface area contributed by atoms with Crippen LogP contribution >= 0.6 is 0 Å². The minimum absolute atomic E-state index is 0.155. The molecule has 0 spiro atoms. The van der Waals surface area contributed by atoms with Gasteiger partial charge in [-0.2, -0.15) is 0 Å². The standard InChI is InChI=1S/C16H23NO3/c1-2-17-7-8-19-14(10-17)11-20-13-4-5-15-12(9-13)3-6-16(15)18/h4-5,9,14,16,18H,2-3,6-8,10-11H2,1H3. The lowest BCUT2D eigenvalue weighted by Crippen LogP contribution is -2.44. The van der Waals surface area contributed by atoms with E-state index < -0.39 is 0 Å². The molecule has 1 aliphatic heterocycles. The first-order valence-electron chi connectivity index (χ1n) is 7.54. The summed E-state index contributed by atoms with van der Waals surface area (Å²) in [5.41, 5.74) is 2.28. The van der Waals surface area contributed by atoms with Gasteiger partial charge in [-0.3, -0.25) is 4.90 Å². The molecule has 20 heavy (non-hydrogen) atoms. The van der Waals surface area contributed by atoms with E-state index in [0.29, 0.717) is 6.61 Å². The van der Waals surface area contributed by atoms with Gasteiger partial charge in [-0.05, 0) is 42.6 Å². The molecular weight excluding hydrogens is 254 g/mol. The highest BCUT2D eigenvalue weighted by Gasteiger charge is 2.22. The molecule has 1 N–H and O–H groups in total. The number of nitrogens with zero attached hydrogens (tertiary/aromatic N) is 1. The predicted molar refractivity (Wildman–Crippen MR) is 77.1 cm³/mol. The molecule has 1 aromatic carbocycles. The Morgan fingerprint density at radius 2 is 2.35 bits per heavy atom. The summed E-state index contributed by atoms with van der Waals surface area (Å²) in [7, 11) is 0. The molecule has 2 unspecified atom stereocenters. The van der Waals surface area contributed by atoms with Crippen molar-refractivity contribution in [2.45, 2.75) is 32.0 Å². The number of fused-ring (bicyclic) bond motifs is 1. The number of benzene rings is 1. The second-order valence-electron chi connectivity index (χ2n) is 5.61. The Morgan fingerprint density at radius 1 is 1.45 bits per heavy atom. The number of likely N-dealkylation sites (N-methyl/N-ethyl adjacent to an activating group) is 1. The summed E-state index contributed by atoms with van der Waals surface area (Å²) < 4.78 is 11.6. The summed E-state index contributed by atoms with van der Waals surface area (Å²) in [6.07, 6.45) is 1.63. The van der Waals surface area contributed by atoms with Crippen LogP contribution in [0, 0.1) is 0 Å². The Hall–Kier alpha value is -1.10. The monoisotopic (exact) mass is 277 g/mol. The minimum Gasteiger partial charge on any atom is -0.491 e. The molecular formula is C16H23NO3. The molecule has 0 radical (unpaired) electrons. The predicted octanol–water partition coefficient (Wildman–Crippen LogP) is 1.77. The molecule has 4 nitrogen and oxygen atoms in total. The van der Waals surface area contributed by atoms with Gasteiger partial charge in [0, 0.05) is 13.1 Å². The van der Waals surface area contributed by atoms with E-state index >= 15 is 0 Å². The van der Waals surface area contributed by atoms with E-state index in [1.807, 2.05) is 12.1 Å². The number of rotatable bonds is 4. The summed E-state index contributed by atoms with van der Waals surface area (Å²) >= 11 is 0. The smallest absolute Gasteiger partial charge is 0.119 e. The third-order valence-corrected chi connectivity index (χ3v) is 4.27. The lowest BCUT2D eigenvalue weighted by atomic mass is 10.1. The highest BCUT2D eigenvalue weighted by molar-refractivity contribution is 5.39. The van der Waals surface area contributed by atoms with Crippen molar-refractivity contribution in [3.63, 3.8) is 0 Å². The maximum absolute atomic E-state index is 9.80. The van der Waals surface area contributed by atoms with Crippen LogP contribution in [0.3, 0.4) is 0 Å². The zero-order chi connectivity index (χ0) is 13.9. The van der Waals surface area contributed by atoms with Gasteiger partial charge in [0.25, 0.3) is 0 Å². The lowest BCUT2D eigenvalue weighted by molar-refractivity contribution is -0.0464. The van der Waals surface area contributed by atoms with Gasteiger partial charge in [-0.15, -0.1) is 0 Å². The number of aliphatic hydroxyl groups is 1. The Kier molecular flexibility index (Phi) is 4.24. The van der Waals surface area contributed by atoms with E-state index in [1.165, 1.54) is 5.56 Å². The van der Waals surface area contributed by atoms with E-state index in [1.54, 1.807) is 0 Å². The van der Waals surface area contributed by atoms with Crippen LogP contribution in [0.15, 0.2) is 18.2 Å². The van der Waals surface area contributed by atoms with Gasteiger partial charge in [-0.1, -0.05) is 13.0 Å². The van der Waals surface area contributed by atoms with E-state index in [-0.39, 0.29) is 12.2 Å². The molecule has 4 heteroatoms. The molecule has 2 atom stereocenters. The van der Waals surface area contributed by atoms with Gasteiger partial charge in [0.15, 0.2) is 0 Å². The van der Waals surface area contributed by atoms with Crippen LogP contribution in [-0.2, 0) is 11.2 Å². The van der Waals surface area contributed by atoms with E-state index in [0.717, 1.165) is 50.4 Å². The zero-order valence-corrected chi connectivity index (χ0v) is 12.0. The van der Waals surface area contributed by atoms with E-state index in [2.05, 4.69) is 17.9 Å². The number of aryl methyl sites for hydroxylation is 1. The van der Waals surface area contributed by atoms with Crippen molar-refractivity contribution in [1.82, 2.24) is 4.90 Å². The van der Waals surface area contributed by atoms with Crippen LogP contribution in [-0.4, -0.2) is 49.0 Å². The normalized spacial score (nSPS) is 26.5. The average Bonchev–Trinajstić information content (AvgIpc) is 2.86. The lowest BCUT2D eigenvalue weighted by Gasteiger charge is -2.31. The molecule has 0 amide bonds. The van der Waals surface area contributed by atoms with Gasteiger partial charge in [-0.25, -0.2) is 0 Å². The largest absolute Gasteiger partial charge is 0.491 e. The summed E-state index contributed by atoms with van der Waals surface area (Å²) in [6.45, 7) is 6.59. The molecule has 3 rings (SSSR count). The molecule has 110 valence electrons. The SMILES string of the molecule is CCN1CCOC(COc2ccc3c(c2)CCC3O)C1. The van der Waals surface area contributed by atoms with Crippen molar-refractivity contribution in [2.24, 2.45) is 0 Å². The molecule has 2 aliphatic rings. The Bertz CT molecular complexity index is 463. The maximum atomic E-state index is 9.80. The van der Waals surface area contributed by atoms with Crippen molar-refractivity contribution in [1.29, 1.82) is 0 Å². The van der Waals surface area contributed by atoms with Gasteiger partial charge in [0.05, 0.1) is 12.7 Å². The third-order valence-electron chi connectivity index (χ3n) is 4.27. The van der Waals surface area contributed by atoms with Crippen LogP contribution in [0.2, 0.25) is 0 Å². The molecule has 1 heterocycles.